The first kappa shape index (κ1) is 14.3. The Hall–Kier alpha value is -1.69. The molecule has 1 fully saturated rings. The maximum absolute atomic E-state index is 5.41. The first-order valence-electron chi connectivity index (χ1n) is 7.07. The molecule has 2 heterocycles. The van der Waals surface area contributed by atoms with Crippen LogP contribution >= 0.6 is 11.8 Å². The van der Waals surface area contributed by atoms with E-state index in [-0.39, 0.29) is 0 Å². The molecule has 1 aliphatic rings. The smallest absolute Gasteiger partial charge is 0.227 e. The van der Waals surface area contributed by atoms with E-state index in [1.165, 1.54) is 0 Å². The van der Waals surface area contributed by atoms with Gasteiger partial charge in [-0.15, -0.1) is 11.8 Å². The number of nitrogens with zero attached hydrogens (tertiary/aromatic N) is 4. The van der Waals surface area contributed by atoms with Gasteiger partial charge in [-0.1, -0.05) is 6.92 Å². The maximum atomic E-state index is 5.41. The van der Waals surface area contributed by atoms with E-state index in [1.54, 1.807) is 25.2 Å². The molecule has 5 nitrogen and oxygen atoms in total. The first-order valence-corrected chi connectivity index (χ1v) is 8.30. The molecular weight excluding hydrogens is 284 g/mol. The van der Waals surface area contributed by atoms with E-state index in [0.717, 1.165) is 41.1 Å². The minimum Gasteiger partial charge on any atom is -0.480 e. The topological polar surface area (TPSA) is 60.8 Å². The number of aryl methyl sites for hydroxylation is 1. The van der Waals surface area contributed by atoms with Crippen LogP contribution in [0.4, 0.5) is 0 Å². The molecular formula is C15H18N4OS. The molecule has 0 spiro atoms. The van der Waals surface area contributed by atoms with Crippen LogP contribution in [0.5, 0.6) is 5.88 Å². The lowest BCUT2D eigenvalue weighted by Crippen LogP contribution is -2.03. The minimum atomic E-state index is 0.490. The minimum absolute atomic E-state index is 0.490. The summed E-state index contributed by atoms with van der Waals surface area (Å²) in [5, 5.41) is 1.01. The lowest BCUT2D eigenvalue weighted by Gasteiger charge is -2.12. The maximum Gasteiger partial charge on any atom is 0.227 e. The number of ether oxygens (including phenoxy) is 1. The van der Waals surface area contributed by atoms with Crippen molar-refractivity contribution in [3.8, 4) is 17.3 Å². The highest BCUT2D eigenvalue weighted by Gasteiger charge is 2.31. The average Bonchev–Trinajstić information content (AvgIpc) is 3.38. The highest BCUT2D eigenvalue weighted by Crippen LogP contribution is 2.44. The van der Waals surface area contributed by atoms with Gasteiger partial charge in [0.15, 0.2) is 5.82 Å². The summed E-state index contributed by atoms with van der Waals surface area (Å²) in [5.41, 5.74) is 3.02. The number of hydrogen-bond donors (Lipinski definition) is 0. The summed E-state index contributed by atoms with van der Waals surface area (Å²) < 4.78 is 5.41. The predicted molar refractivity (Wildman–Crippen MR) is 82.7 cm³/mol. The Bertz CT molecular complexity index is 658. The van der Waals surface area contributed by atoms with E-state index >= 15 is 0 Å². The fourth-order valence-corrected chi connectivity index (χ4v) is 2.98. The van der Waals surface area contributed by atoms with Crippen molar-refractivity contribution >= 4 is 11.8 Å². The molecule has 0 N–H and O–H groups in total. The van der Waals surface area contributed by atoms with Crippen LogP contribution in [0, 0.1) is 0 Å². The highest BCUT2D eigenvalue weighted by molar-refractivity contribution is 7.98. The molecule has 0 saturated heterocycles. The van der Waals surface area contributed by atoms with E-state index < -0.39 is 0 Å². The summed E-state index contributed by atoms with van der Waals surface area (Å²) in [6, 6.07) is 0. The van der Waals surface area contributed by atoms with Gasteiger partial charge in [0.1, 0.15) is 16.9 Å². The van der Waals surface area contributed by atoms with Crippen LogP contribution in [0.1, 0.15) is 36.9 Å². The second-order valence-corrected chi connectivity index (χ2v) is 5.79. The van der Waals surface area contributed by atoms with E-state index in [1.807, 2.05) is 12.5 Å². The van der Waals surface area contributed by atoms with Gasteiger partial charge < -0.3 is 4.74 Å². The zero-order valence-electron chi connectivity index (χ0n) is 12.5. The van der Waals surface area contributed by atoms with Gasteiger partial charge in [-0.05, 0) is 25.5 Å². The van der Waals surface area contributed by atoms with E-state index in [0.29, 0.717) is 17.6 Å². The second kappa shape index (κ2) is 5.97. The third-order valence-corrected chi connectivity index (χ3v) is 4.36. The molecule has 2 aromatic rings. The molecule has 3 rings (SSSR count). The van der Waals surface area contributed by atoms with Crippen LogP contribution in [0.3, 0.4) is 0 Å². The van der Waals surface area contributed by atoms with Crippen molar-refractivity contribution in [2.45, 2.75) is 37.1 Å². The van der Waals surface area contributed by atoms with Crippen molar-refractivity contribution < 1.29 is 4.74 Å². The molecule has 0 bridgehead atoms. The van der Waals surface area contributed by atoms with Gasteiger partial charge in [0.05, 0.1) is 12.8 Å². The van der Waals surface area contributed by atoms with Crippen LogP contribution in [-0.2, 0) is 6.42 Å². The average molecular weight is 302 g/mol. The van der Waals surface area contributed by atoms with Gasteiger partial charge in [0.25, 0.3) is 0 Å². The van der Waals surface area contributed by atoms with Crippen molar-refractivity contribution in [3.63, 3.8) is 0 Å². The summed E-state index contributed by atoms with van der Waals surface area (Å²) in [7, 11) is 1.62. The Morgan fingerprint density at radius 1 is 1.29 bits per heavy atom. The fourth-order valence-electron chi connectivity index (χ4n) is 2.34. The number of rotatable bonds is 5. The van der Waals surface area contributed by atoms with Crippen LogP contribution in [-0.4, -0.2) is 33.3 Å². The van der Waals surface area contributed by atoms with Crippen LogP contribution in [0.15, 0.2) is 17.6 Å². The van der Waals surface area contributed by atoms with Crippen molar-refractivity contribution in [3.05, 3.63) is 23.8 Å². The van der Waals surface area contributed by atoms with Crippen LogP contribution < -0.4 is 4.74 Å². The van der Waals surface area contributed by atoms with Crippen LogP contribution in [0.25, 0.3) is 11.4 Å². The van der Waals surface area contributed by atoms with E-state index in [4.69, 9.17) is 9.72 Å². The monoisotopic (exact) mass is 302 g/mol. The molecule has 0 unspecified atom stereocenters. The Labute approximate surface area is 128 Å². The van der Waals surface area contributed by atoms with Gasteiger partial charge in [-0.2, -0.15) is 0 Å². The number of hydrogen-bond acceptors (Lipinski definition) is 6. The normalized spacial score (nSPS) is 14.2. The van der Waals surface area contributed by atoms with Crippen molar-refractivity contribution in [2.24, 2.45) is 0 Å². The Kier molecular flexibility index (Phi) is 4.05. The van der Waals surface area contributed by atoms with E-state index in [2.05, 4.69) is 21.9 Å². The van der Waals surface area contributed by atoms with Crippen molar-refractivity contribution in [1.29, 1.82) is 0 Å². The molecule has 0 radical (unpaired) electrons. The van der Waals surface area contributed by atoms with Gasteiger partial charge >= 0.3 is 0 Å². The lowest BCUT2D eigenvalue weighted by molar-refractivity contribution is 0.397. The van der Waals surface area contributed by atoms with Crippen molar-refractivity contribution in [1.82, 2.24) is 19.9 Å². The molecule has 0 amide bonds. The standard InChI is InChI=1S/C15H18N4OS/c1-4-9-7-16-13(19-15(9)21-3)11-12(10-5-6-10)17-8-18-14(11)20-2/h7-8,10H,4-6H2,1-3H3. The molecule has 1 saturated carbocycles. The third-order valence-electron chi connectivity index (χ3n) is 3.62. The summed E-state index contributed by atoms with van der Waals surface area (Å²) >= 11 is 1.64. The molecule has 0 atom stereocenters. The van der Waals surface area contributed by atoms with Gasteiger partial charge in [0.2, 0.25) is 5.88 Å². The number of aromatic nitrogens is 4. The van der Waals surface area contributed by atoms with Gasteiger partial charge in [-0.3, -0.25) is 0 Å². The van der Waals surface area contributed by atoms with Gasteiger partial charge in [0, 0.05) is 17.7 Å². The largest absolute Gasteiger partial charge is 0.480 e. The van der Waals surface area contributed by atoms with Gasteiger partial charge in [-0.25, -0.2) is 19.9 Å². The van der Waals surface area contributed by atoms with E-state index in [9.17, 15) is 0 Å². The summed E-state index contributed by atoms with van der Waals surface area (Å²) in [4.78, 5) is 17.9. The zero-order chi connectivity index (χ0) is 14.8. The zero-order valence-corrected chi connectivity index (χ0v) is 13.3. The molecule has 1 aliphatic carbocycles. The summed E-state index contributed by atoms with van der Waals surface area (Å²) in [6.45, 7) is 2.11. The highest BCUT2D eigenvalue weighted by atomic mass is 32.2. The number of thioether (sulfide) groups is 1. The number of methoxy groups -OCH3 is 1. The summed E-state index contributed by atoms with van der Waals surface area (Å²) in [6.07, 6.45) is 8.74. The Morgan fingerprint density at radius 2 is 2.10 bits per heavy atom. The fraction of sp³-hybridized carbons (Fsp3) is 0.467. The quantitative estimate of drug-likeness (QED) is 0.625. The Balaban J connectivity index is 2.15. The van der Waals surface area contributed by atoms with Crippen LogP contribution in [0.2, 0.25) is 0 Å². The predicted octanol–water partition coefficient (Wildman–Crippen LogP) is 3.10. The third kappa shape index (κ3) is 2.72. The molecule has 110 valence electrons. The SMILES string of the molecule is CCc1cnc(-c2c(OC)ncnc2C2CC2)nc1SC. The molecule has 0 aliphatic heterocycles. The summed E-state index contributed by atoms with van der Waals surface area (Å²) in [5.74, 6) is 1.71. The molecule has 21 heavy (non-hydrogen) atoms. The lowest BCUT2D eigenvalue weighted by atomic mass is 10.1. The molecule has 2 aromatic heterocycles. The first-order chi connectivity index (χ1) is 10.3. The molecule has 0 aromatic carbocycles. The van der Waals surface area contributed by atoms with Crippen molar-refractivity contribution in [2.75, 3.05) is 13.4 Å². The molecule has 6 heteroatoms. The Morgan fingerprint density at radius 3 is 2.71 bits per heavy atom. The second-order valence-electron chi connectivity index (χ2n) is 5.00.